The zero-order valence-corrected chi connectivity index (χ0v) is 14.6. The molecule has 25 heavy (non-hydrogen) atoms. The number of aromatic carboxylic acids is 1. The predicted octanol–water partition coefficient (Wildman–Crippen LogP) is 1.49. The van der Waals surface area contributed by atoms with E-state index in [-0.39, 0.29) is 17.5 Å². The third-order valence-corrected chi connectivity index (χ3v) is 4.40. The summed E-state index contributed by atoms with van der Waals surface area (Å²) in [6.07, 6.45) is 1.35. The second-order valence-electron chi connectivity index (χ2n) is 5.31. The minimum Gasteiger partial charge on any atom is -0.476 e. The molecule has 3 N–H and O–H groups in total. The summed E-state index contributed by atoms with van der Waals surface area (Å²) in [6, 6.07) is 7.17. The lowest BCUT2D eigenvalue weighted by atomic mass is 10.1. The number of thiazole rings is 1. The van der Waals surface area contributed by atoms with Gasteiger partial charge in [-0.25, -0.2) is 9.78 Å². The van der Waals surface area contributed by atoms with Crippen LogP contribution in [0.2, 0.25) is 0 Å². The Morgan fingerprint density at radius 3 is 2.72 bits per heavy atom. The van der Waals surface area contributed by atoms with Crippen LogP contribution in [-0.4, -0.2) is 41.5 Å². The van der Waals surface area contributed by atoms with Gasteiger partial charge in [0.25, 0.3) is 5.91 Å². The summed E-state index contributed by atoms with van der Waals surface area (Å²) in [5.74, 6) is -1.30. The molecule has 0 aliphatic heterocycles. The number of rotatable bonds is 8. The lowest BCUT2D eigenvalue weighted by Crippen LogP contribution is -2.26. The molecular formula is C17H19N3O4S. The van der Waals surface area contributed by atoms with E-state index in [1.54, 1.807) is 25.2 Å². The van der Waals surface area contributed by atoms with E-state index in [0.29, 0.717) is 36.4 Å². The number of benzene rings is 1. The average Bonchev–Trinajstić information content (AvgIpc) is 3.09. The van der Waals surface area contributed by atoms with E-state index in [4.69, 9.17) is 5.11 Å². The monoisotopic (exact) mass is 361 g/mol. The van der Waals surface area contributed by atoms with Crippen molar-refractivity contribution in [3.8, 4) is 0 Å². The molecule has 7 nitrogen and oxygen atoms in total. The molecule has 0 aliphatic rings. The summed E-state index contributed by atoms with van der Waals surface area (Å²) in [6.45, 7) is 0.406. The number of carbonyl (C=O) groups is 3. The van der Waals surface area contributed by atoms with Gasteiger partial charge in [-0.05, 0) is 24.1 Å². The minimum absolute atomic E-state index is 0.0299. The van der Waals surface area contributed by atoms with Gasteiger partial charge in [-0.3, -0.25) is 9.59 Å². The Labute approximate surface area is 149 Å². The molecule has 0 bridgehead atoms. The normalized spacial score (nSPS) is 10.3. The fraction of sp³-hybridized carbons (Fsp3) is 0.294. The van der Waals surface area contributed by atoms with Crippen molar-refractivity contribution in [2.45, 2.75) is 19.3 Å². The van der Waals surface area contributed by atoms with Crippen LogP contribution in [0.25, 0.3) is 0 Å². The molecular weight excluding hydrogens is 342 g/mol. The van der Waals surface area contributed by atoms with E-state index < -0.39 is 5.97 Å². The summed E-state index contributed by atoms with van der Waals surface area (Å²) in [5, 5.41) is 16.3. The Balaban J connectivity index is 1.75. The highest BCUT2D eigenvalue weighted by molar-refractivity contribution is 7.09. The Morgan fingerprint density at radius 1 is 1.24 bits per heavy atom. The van der Waals surface area contributed by atoms with E-state index >= 15 is 0 Å². The minimum atomic E-state index is -1.05. The summed E-state index contributed by atoms with van der Waals surface area (Å²) >= 11 is 1.27. The first-order valence-electron chi connectivity index (χ1n) is 7.75. The van der Waals surface area contributed by atoms with Crippen molar-refractivity contribution in [2.24, 2.45) is 0 Å². The first-order valence-corrected chi connectivity index (χ1v) is 8.63. The molecule has 1 aromatic carbocycles. The second kappa shape index (κ2) is 8.93. The van der Waals surface area contributed by atoms with Crippen LogP contribution in [0.5, 0.6) is 0 Å². The molecule has 8 heteroatoms. The maximum Gasteiger partial charge on any atom is 0.355 e. The molecule has 0 aliphatic carbocycles. The number of carbonyl (C=O) groups excluding carboxylic acids is 2. The molecule has 0 saturated carbocycles. The van der Waals surface area contributed by atoms with Crippen molar-refractivity contribution in [1.82, 2.24) is 15.6 Å². The van der Waals surface area contributed by atoms with Crippen LogP contribution in [0.1, 0.15) is 37.8 Å². The number of aryl methyl sites for hydroxylation is 1. The molecule has 0 unspecified atom stereocenters. The fourth-order valence-electron chi connectivity index (χ4n) is 2.19. The molecule has 0 atom stereocenters. The number of amides is 2. The highest BCUT2D eigenvalue weighted by Crippen LogP contribution is 2.10. The first kappa shape index (κ1) is 18.6. The standard InChI is InChI=1S/C17H19N3O4S/c1-18-16(22)12-4-2-3-11(9-12)5-6-14(21)19-8-7-15-20-13(10-25-15)17(23)24/h2-4,9-10H,5-8H2,1H3,(H,18,22)(H,19,21)(H,23,24). The quantitative estimate of drug-likeness (QED) is 0.660. The van der Waals surface area contributed by atoms with E-state index in [2.05, 4.69) is 15.6 Å². The van der Waals surface area contributed by atoms with Gasteiger partial charge in [-0.2, -0.15) is 0 Å². The van der Waals surface area contributed by atoms with Crippen molar-refractivity contribution >= 4 is 29.1 Å². The number of carboxylic acid groups (broad SMARTS) is 1. The van der Waals surface area contributed by atoms with Gasteiger partial charge >= 0.3 is 5.97 Å². The van der Waals surface area contributed by atoms with Gasteiger partial charge < -0.3 is 15.7 Å². The van der Waals surface area contributed by atoms with Gasteiger partial charge in [0.05, 0.1) is 5.01 Å². The average molecular weight is 361 g/mol. The van der Waals surface area contributed by atoms with Crippen molar-refractivity contribution in [2.75, 3.05) is 13.6 Å². The van der Waals surface area contributed by atoms with Crippen LogP contribution in [0, 0.1) is 0 Å². The molecule has 1 heterocycles. The number of carboxylic acids is 1. The summed E-state index contributed by atoms with van der Waals surface area (Å²) in [7, 11) is 1.57. The van der Waals surface area contributed by atoms with Crippen molar-refractivity contribution in [3.63, 3.8) is 0 Å². The molecule has 0 saturated heterocycles. The molecule has 132 valence electrons. The van der Waals surface area contributed by atoms with Gasteiger partial charge in [0.2, 0.25) is 5.91 Å². The molecule has 0 spiro atoms. The third-order valence-electron chi connectivity index (χ3n) is 3.49. The maximum absolute atomic E-state index is 11.9. The highest BCUT2D eigenvalue weighted by atomic mass is 32.1. The van der Waals surface area contributed by atoms with Gasteiger partial charge in [-0.1, -0.05) is 12.1 Å². The van der Waals surface area contributed by atoms with E-state index in [9.17, 15) is 14.4 Å². The maximum atomic E-state index is 11.9. The molecule has 2 aromatic rings. The fourth-order valence-corrected chi connectivity index (χ4v) is 2.96. The summed E-state index contributed by atoms with van der Waals surface area (Å²) in [4.78, 5) is 38.2. The van der Waals surface area contributed by atoms with Crippen LogP contribution in [-0.2, 0) is 17.6 Å². The molecule has 0 fully saturated rings. The number of hydrogen-bond donors (Lipinski definition) is 3. The van der Waals surface area contributed by atoms with Crippen molar-refractivity contribution < 1.29 is 19.5 Å². The zero-order chi connectivity index (χ0) is 18.2. The van der Waals surface area contributed by atoms with Gasteiger partial charge in [0, 0.05) is 37.4 Å². The largest absolute Gasteiger partial charge is 0.476 e. The van der Waals surface area contributed by atoms with Gasteiger partial charge in [0.1, 0.15) is 0 Å². The zero-order valence-electron chi connectivity index (χ0n) is 13.7. The number of aromatic nitrogens is 1. The molecule has 2 amide bonds. The van der Waals surface area contributed by atoms with Crippen LogP contribution in [0.3, 0.4) is 0 Å². The summed E-state index contributed by atoms with van der Waals surface area (Å²) in [5.41, 5.74) is 1.52. The Kier molecular flexibility index (Phi) is 6.64. The molecule has 0 radical (unpaired) electrons. The smallest absolute Gasteiger partial charge is 0.355 e. The van der Waals surface area contributed by atoms with E-state index in [1.807, 2.05) is 6.07 Å². The Bertz CT molecular complexity index is 773. The second-order valence-corrected chi connectivity index (χ2v) is 6.25. The first-order chi connectivity index (χ1) is 12.0. The molecule has 1 aromatic heterocycles. The van der Waals surface area contributed by atoms with Crippen LogP contribution >= 0.6 is 11.3 Å². The predicted molar refractivity (Wildman–Crippen MR) is 93.9 cm³/mol. The lowest BCUT2D eigenvalue weighted by molar-refractivity contribution is -0.121. The number of nitrogens with one attached hydrogen (secondary N) is 2. The van der Waals surface area contributed by atoms with Crippen LogP contribution in [0.15, 0.2) is 29.6 Å². The number of hydrogen-bond acceptors (Lipinski definition) is 5. The lowest BCUT2D eigenvalue weighted by Gasteiger charge is -2.06. The highest BCUT2D eigenvalue weighted by Gasteiger charge is 2.09. The summed E-state index contributed by atoms with van der Waals surface area (Å²) < 4.78 is 0. The Morgan fingerprint density at radius 2 is 2.04 bits per heavy atom. The van der Waals surface area contributed by atoms with Crippen molar-refractivity contribution in [3.05, 3.63) is 51.5 Å². The van der Waals surface area contributed by atoms with E-state index in [1.165, 1.54) is 16.7 Å². The Hall–Kier alpha value is -2.74. The van der Waals surface area contributed by atoms with Crippen LogP contribution < -0.4 is 10.6 Å². The van der Waals surface area contributed by atoms with E-state index in [0.717, 1.165) is 5.56 Å². The molecule has 2 rings (SSSR count). The third kappa shape index (κ3) is 5.68. The van der Waals surface area contributed by atoms with Gasteiger partial charge in [0.15, 0.2) is 5.69 Å². The number of nitrogens with zero attached hydrogens (tertiary/aromatic N) is 1. The SMILES string of the molecule is CNC(=O)c1cccc(CCC(=O)NCCc2nc(C(=O)O)cs2)c1. The van der Waals surface area contributed by atoms with Crippen molar-refractivity contribution in [1.29, 1.82) is 0 Å². The topological polar surface area (TPSA) is 108 Å². The van der Waals surface area contributed by atoms with Gasteiger partial charge in [-0.15, -0.1) is 11.3 Å². The van der Waals surface area contributed by atoms with Crippen LogP contribution in [0.4, 0.5) is 0 Å².